The smallest absolute Gasteiger partial charge is 0.385 e. The Balaban J connectivity index is 1.72. The van der Waals surface area contributed by atoms with E-state index in [-0.39, 0.29) is 18.5 Å². The van der Waals surface area contributed by atoms with Crippen molar-refractivity contribution in [2.45, 2.75) is 31.4 Å². The fourth-order valence-electron chi connectivity index (χ4n) is 4.09. The van der Waals surface area contributed by atoms with Gasteiger partial charge in [0.25, 0.3) is 5.91 Å². The van der Waals surface area contributed by atoms with Crippen LogP contribution in [0.2, 0.25) is 0 Å². The third-order valence-electron chi connectivity index (χ3n) is 5.70. The van der Waals surface area contributed by atoms with Crippen LogP contribution < -0.4 is 0 Å². The quantitative estimate of drug-likeness (QED) is 0.785. The van der Waals surface area contributed by atoms with Crippen molar-refractivity contribution >= 4 is 23.7 Å². The Labute approximate surface area is 164 Å². The molecule has 8 heteroatoms. The van der Waals surface area contributed by atoms with E-state index in [0.717, 1.165) is 36.4 Å². The minimum Gasteiger partial charge on any atom is -0.385 e. The number of carbonyl (C=O) groups is 2. The molecule has 8 nitrogen and oxygen atoms in total. The minimum absolute atomic E-state index is 0.231. The highest BCUT2D eigenvalue weighted by molar-refractivity contribution is 6.25. The second-order valence-corrected chi connectivity index (χ2v) is 7.54. The zero-order valence-electron chi connectivity index (χ0n) is 16.3. The molecule has 3 heterocycles. The van der Waals surface area contributed by atoms with Crippen molar-refractivity contribution in [1.82, 2.24) is 14.7 Å². The summed E-state index contributed by atoms with van der Waals surface area (Å²) in [5.41, 5.74) is 0.787. The molecule has 0 spiro atoms. The Bertz CT molecular complexity index is 843. The number of likely N-dealkylation sites (N-methyl/N-ethyl adjacent to an activating group) is 2. The molecule has 2 saturated heterocycles. The number of imide groups is 1. The van der Waals surface area contributed by atoms with Crippen molar-refractivity contribution in [3.63, 3.8) is 0 Å². The number of β-amino-alcohol motifs (C(OH)–C–C–N with tert-alkyl or cyclic N) is 1. The summed E-state index contributed by atoms with van der Waals surface area (Å²) in [5.74, 6) is 0.807. The summed E-state index contributed by atoms with van der Waals surface area (Å²) in [7, 11) is 3.13. The summed E-state index contributed by atoms with van der Waals surface area (Å²) in [6.45, 7) is 1.95. The molecule has 0 aromatic heterocycles. The molecule has 3 aliphatic rings. The average molecular weight is 384 g/mol. The molecule has 2 unspecified atom stereocenters. The second-order valence-electron chi connectivity index (χ2n) is 7.54. The molecule has 0 bridgehead atoms. The van der Waals surface area contributed by atoms with Gasteiger partial charge in [-0.2, -0.15) is 0 Å². The molecule has 2 atom stereocenters. The van der Waals surface area contributed by atoms with E-state index in [1.54, 1.807) is 7.05 Å². The predicted molar refractivity (Wildman–Crippen MR) is 104 cm³/mol. The lowest BCUT2D eigenvalue weighted by Crippen LogP contribution is -2.63. The van der Waals surface area contributed by atoms with E-state index in [9.17, 15) is 14.7 Å². The van der Waals surface area contributed by atoms with Crippen molar-refractivity contribution in [2.24, 2.45) is 4.99 Å². The molecular weight excluding hydrogens is 358 g/mol. The summed E-state index contributed by atoms with van der Waals surface area (Å²) in [6, 6.07) is 8.32. The van der Waals surface area contributed by atoms with Gasteiger partial charge in [-0.05, 0) is 24.8 Å². The first-order valence-electron chi connectivity index (χ1n) is 9.74. The fraction of sp³-hybridized carbons (Fsp3) is 0.500. The Morgan fingerprint density at radius 1 is 1.11 bits per heavy atom. The Morgan fingerprint density at radius 3 is 2.46 bits per heavy atom. The van der Waals surface area contributed by atoms with Gasteiger partial charge in [-0.25, -0.2) is 9.69 Å². The number of fused-ring (bicyclic) bond motifs is 1. The van der Waals surface area contributed by atoms with E-state index < -0.39 is 12.1 Å². The summed E-state index contributed by atoms with van der Waals surface area (Å²) in [4.78, 5) is 34.5. The standard InChI is InChI=1S/C20H26N5O3/c1-22-17-16(18(27)23(2)20(22)28)25(13-15(26)14-9-5-3-6-10-14)19(21-17)24-11-7-4-8-12-24/h3,5-6,9-10,15-16,26H,4,7-8,11-13H2,1-2H3/q+1. The van der Waals surface area contributed by atoms with Crippen molar-refractivity contribution in [3.05, 3.63) is 35.9 Å². The van der Waals surface area contributed by atoms with Gasteiger partial charge in [-0.3, -0.25) is 19.2 Å². The summed E-state index contributed by atoms with van der Waals surface area (Å²) in [5, 5.41) is 10.8. The number of hydrogen-bond acceptors (Lipinski definition) is 3. The Kier molecular flexibility index (Phi) is 4.89. The molecule has 0 aliphatic carbocycles. The van der Waals surface area contributed by atoms with Crippen molar-refractivity contribution in [2.75, 3.05) is 33.7 Å². The number of hydrogen-bond donors (Lipinski definition) is 1. The number of aliphatic hydroxyl groups is 1. The number of piperidine rings is 1. The number of nitrogens with zero attached hydrogens (tertiary/aromatic N) is 5. The summed E-state index contributed by atoms with van der Waals surface area (Å²) >= 11 is 0. The highest BCUT2D eigenvalue weighted by Gasteiger charge is 2.55. The van der Waals surface area contributed by atoms with Crippen LogP contribution in [-0.4, -0.2) is 87.9 Å². The van der Waals surface area contributed by atoms with Gasteiger partial charge in [0, 0.05) is 14.1 Å². The van der Waals surface area contributed by atoms with Crippen LogP contribution in [0, 0.1) is 0 Å². The molecule has 3 aliphatic heterocycles. The highest BCUT2D eigenvalue weighted by Crippen LogP contribution is 2.26. The van der Waals surface area contributed by atoms with Crippen LogP contribution in [0.4, 0.5) is 4.79 Å². The lowest BCUT2D eigenvalue weighted by atomic mass is 10.1. The normalized spacial score (nSPS) is 23.9. The van der Waals surface area contributed by atoms with Gasteiger partial charge >= 0.3 is 12.0 Å². The number of aliphatic hydroxyl groups excluding tert-OH is 1. The van der Waals surface area contributed by atoms with Crippen LogP contribution in [0.15, 0.2) is 35.3 Å². The van der Waals surface area contributed by atoms with Crippen molar-refractivity contribution in [3.8, 4) is 0 Å². The zero-order valence-corrected chi connectivity index (χ0v) is 16.3. The maximum absolute atomic E-state index is 13.0. The van der Waals surface area contributed by atoms with E-state index >= 15 is 0 Å². The Hall–Kier alpha value is -2.74. The van der Waals surface area contributed by atoms with Gasteiger partial charge in [0.05, 0.1) is 19.6 Å². The van der Waals surface area contributed by atoms with Gasteiger partial charge in [-0.15, -0.1) is 0 Å². The molecule has 148 valence electrons. The summed E-state index contributed by atoms with van der Waals surface area (Å²) < 4.78 is 2.16. The SMILES string of the molecule is CN1C(=O)C2C(=NC(=[N+]3CCCCC3)N2CC(O)c2ccccc2)N(C)C1=O. The number of urea groups is 1. The predicted octanol–water partition coefficient (Wildman–Crippen LogP) is 0.879. The average Bonchev–Trinajstić information content (AvgIpc) is 3.11. The van der Waals surface area contributed by atoms with Gasteiger partial charge in [0.2, 0.25) is 11.9 Å². The monoisotopic (exact) mass is 384 g/mol. The molecule has 1 aromatic rings. The van der Waals surface area contributed by atoms with Crippen molar-refractivity contribution < 1.29 is 19.3 Å². The molecule has 1 aromatic carbocycles. The van der Waals surface area contributed by atoms with Crippen LogP contribution in [0.1, 0.15) is 30.9 Å². The number of amides is 3. The zero-order chi connectivity index (χ0) is 19.8. The van der Waals surface area contributed by atoms with Gasteiger partial charge in [0.15, 0.2) is 0 Å². The number of benzene rings is 1. The van der Waals surface area contributed by atoms with E-state index in [0.29, 0.717) is 11.8 Å². The van der Waals surface area contributed by atoms with Crippen LogP contribution in [0.5, 0.6) is 0 Å². The van der Waals surface area contributed by atoms with Gasteiger partial charge in [-0.1, -0.05) is 35.3 Å². The largest absolute Gasteiger partial charge is 0.392 e. The molecule has 4 rings (SSSR count). The number of rotatable bonds is 3. The van der Waals surface area contributed by atoms with Gasteiger partial charge < -0.3 is 5.11 Å². The maximum atomic E-state index is 13.0. The maximum Gasteiger partial charge on any atom is 0.392 e. The van der Waals surface area contributed by atoms with E-state index in [4.69, 9.17) is 4.99 Å². The number of carbonyl (C=O) groups excluding carboxylic acids is 2. The molecule has 2 fully saturated rings. The number of amidine groups is 1. The number of aliphatic imine (C=N–C) groups is 1. The topological polar surface area (TPSA) is 79.5 Å². The molecule has 3 amide bonds. The molecule has 1 N–H and O–H groups in total. The third kappa shape index (κ3) is 3.07. The highest BCUT2D eigenvalue weighted by atomic mass is 16.3. The lowest BCUT2D eigenvalue weighted by Gasteiger charge is -2.33. The third-order valence-corrected chi connectivity index (χ3v) is 5.70. The van der Waals surface area contributed by atoms with Crippen molar-refractivity contribution in [1.29, 1.82) is 0 Å². The first-order chi connectivity index (χ1) is 13.5. The fourth-order valence-corrected chi connectivity index (χ4v) is 4.09. The summed E-state index contributed by atoms with van der Waals surface area (Å²) in [6.07, 6.45) is 2.54. The Morgan fingerprint density at radius 2 is 1.79 bits per heavy atom. The minimum atomic E-state index is -0.767. The molecule has 0 radical (unpaired) electrons. The van der Waals surface area contributed by atoms with E-state index in [1.165, 1.54) is 18.4 Å². The van der Waals surface area contributed by atoms with Crippen LogP contribution in [0.25, 0.3) is 0 Å². The van der Waals surface area contributed by atoms with Crippen LogP contribution in [-0.2, 0) is 4.79 Å². The molecular formula is C20H26N5O3+. The van der Waals surface area contributed by atoms with E-state index in [2.05, 4.69) is 4.58 Å². The first-order valence-corrected chi connectivity index (χ1v) is 9.74. The first kappa shape index (κ1) is 18.6. The van der Waals surface area contributed by atoms with Gasteiger partial charge in [0.1, 0.15) is 6.10 Å². The number of guanidine groups is 1. The lowest BCUT2D eigenvalue weighted by molar-refractivity contribution is -0.542. The van der Waals surface area contributed by atoms with Crippen LogP contribution in [0.3, 0.4) is 0 Å². The second kappa shape index (κ2) is 7.35. The molecule has 0 saturated carbocycles. The van der Waals surface area contributed by atoms with Crippen LogP contribution >= 0.6 is 0 Å². The van der Waals surface area contributed by atoms with E-state index in [1.807, 2.05) is 35.2 Å². The molecule has 28 heavy (non-hydrogen) atoms.